The molecule has 0 saturated carbocycles. The van der Waals surface area contributed by atoms with Gasteiger partial charge < -0.3 is 15.2 Å². The molecule has 2 atom stereocenters. The zero-order valence-corrected chi connectivity index (χ0v) is 14.4. The van der Waals surface area contributed by atoms with Crippen LogP contribution in [0.2, 0.25) is 0 Å². The first-order chi connectivity index (χ1) is 11.7. The van der Waals surface area contributed by atoms with E-state index in [0.29, 0.717) is 17.9 Å². The van der Waals surface area contributed by atoms with Crippen LogP contribution in [-0.4, -0.2) is 41.5 Å². The first kappa shape index (κ1) is 15.7. The van der Waals surface area contributed by atoms with Crippen LogP contribution in [0.5, 0.6) is 0 Å². The number of hydrogen-bond donors (Lipinski definition) is 2. The highest BCUT2D eigenvalue weighted by Gasteiger charge is 2.31. The van der Waals surface area contributed by atoms with Crippen molar-refractivity contribution in [3.05, 3.63) is 36.0 Å². The number of aromatic nitrogens is 1. The van der Waals surface area contributed by atoms with E-state index in [1.54, 1.807) is 0 Å². The van der Waals surface area contributed by atoms with E-state index in [2.05, 4.69) is 52.6 Å². The van der Waals surface area contributed by atoms with Crippen LogP contribution in [0.15, 0.2) is 30.5 Å². The highest BCUT2D eigenvalue weighted by atomic mass is 16.2. The first-order valence-electron chi connectivity index (χ1n) is 9.30. The number of para-hydroxylation sites is 1. The fourth-order valence-electron chi connectivity index (χ4n) is 4.46. The molecule has 2 saturated heterocycles. The van der Waals surface area contributed by atoms with Gasteiger partial charge in [0.05, 0.1) is 0 Å². The lowest BCUT2D eigenvalue weighted by Gasteiger charge is -2.36. The van der Waals surface area contributed by atoms with E-state index < -0.39 is 0 Å². The molecule has 0 spiro atoms. The minimum Gasteiger partial charge on any atom is -0.361 e. The predicted molar refractivity (Wildman–Crippen MR) is 97.0 cm³/mol. The summed E-state index contributed by atoms with van der Waals surface area (Å²) in [7, 11) is 0. The van der Waals surface area contributed by atoms with Gasteiger partial charge in [-0.3, -0.25) is 4.79 Å². The van der Waals surface area contributed by atoms with E-state index in [0.717, 1.165) is 45.3 Å². The van der Waals surface area contributed by atoms with Crippen molar-refractivity contribution in [3.63, 3.8) is 0 Å². The molecule has 0 bridgehead atoms. The Balaban J connectivity index is 1.40. The van der Waals surface area contributed by atoms with Crippen molar-refractivity contribution in [1.29, 1.82) is 0 Å². The van der Waals surface area contributed by atoms with Crippen molar-refractivity contribution >= 4 is 16.8 Å². The number of carbonyl (C=O) groups is 1. The summed E-state index contributed by atoms with van der Waals surface area (Å²) in [6, 6.07) is 8.99. The van der Waals surface area contributed by atoms with Gasteiger partial charge in [0.2, 0.25) is 5.91 Å². The molecule has 2 aromatic rings. The number of hydrogen-bond acceptors (Lipinski definition) is 2. The van der Waals surface area contributed by atoms with Crippen molar-refractivity contribution in [2.75, 3.05) is 19.6 Å². The molecule has 3 heterocycles. The monoisotopic (exact) mass is 325 g/mol. The van der Waals surface area contributed by atoms with Crippen LogP contribution >= 0.6 is 0 Å². The number of rotatable bonds is 2. The molecule has 2 aliphatic rings. The number of nitrogens with zero attached hydrogens (tertiary/aromatic N) is 1. The number of amides is 1. The second-order valence-electron chi connectivity index (χ2n) is 7.47. The Bertz CT molecular complexity index is 714. The van der Waals surface area contributed by atoms with Crippen molar-refractivity contribution in [2.24, 2.45) is 5.92 Å². The smallest absolute Gasteiger partial charge is 0.225 e. The van der Waals surface area contributed by atoms with Crippen molar-refractivity contribution < 1.29 is 4.79 Å². The molecular weight excluding hydrogens is 298 g/mol. The third-order valence-corrected chi connectivity index (χ3v) is 5.84. The third-order valence-electron chi connectivity index (χ3n) is 5.84. The summed E-state index contributed by atoms with van der Waals surface area (Å²) in [5.74, 6) is 1.18. The molecule has 0 unspecified atom stereocenters. The summed E-state index contributed by atoms with van der Waals surface area (Å²) >= 11 is 0. The number of fused-ring (bicyclic) bond motifs is 1. The average molecular weight is 325 g/mol. The SMILES string of the molecule is C[C@H]1C[C@@H](C(=O)N2CCC(c3c[nH]c4ccccc34)CC2)CCN1. The van der Waals surface area contributed by atoms with Gasteiger partial charge in [0.15, 0.2) is 0 Å². The lowest BCUT2D eigenvalue weighted by molar-refractivity contribution is -0.137. The molecule has 1 amide bonds. The Morgan fingerprint density at radius 3 is 2.75 bits per heavy atom. The zero-order chi connectivity index (χ0) is 16.5. The van der Waals surface area contributed by atoms with Crippen LogP contribution < -0.4 is 5.32 Å². The second-order valence-corrected chi connectivity index (χ2v) is 7.47. The Hall–Kier alpha value is -1.81. The highest BCUT2D eigenvalue weighted by molar-refractivity contribution is 5.84. The lowest BCUT2D eigenvalue weighted by Crippen LogP contribution is -2.46. The maximum atomic E-state index is 12.8. The molecule has 4 nitrogen and oxygen atoms in total. The Labute approximate surface area is 143 Å². The third kappa shape index (κ3) is 2.95. The van der Waals surface area contributed by atoms with Gasteiger partial charge in [-0.05, 0) is 56.7 Å². The lowest BCUT2D eigenvalue weighted by atomic mass is 9.87. The highest BCUT2D eigenvalue weighted by Crippen LogP contribution is 2.33. The molecule has 4 rings (SSSR count). The van der Waals surface area contributed by atoms with Crippen molar-refractivity contribution in [3.8, 4) is 0 Å². The minimum atomic E-state index is 0.228. The van der Waals surface area contributed by atoms with Gasteiger partial charge in [0.25, 0.3) is 0 Å². The van der Waals surface area contributed by atoms with Crippen molar-refractivity contribution in [2.45, 2.75) is 44.6 Å². The standard InChI is InChI=1S/C20H27N3O/c1-14-12-16(6-9-21-14)20(24)23-10-7-15(8-11-23)18-13-22-19-5-3-2-4-17(18)19/h2-5,13-16,21-22H,6-12H2,1H3/t14-,16-/m0/s1. The number of likely N-dealkylation sites (tertiary alicyclic amines) is 1. The number of benzene rings is 1. The molecule has 0 aliphatic carbocycles. The molecule has 4 heteroatoms. The van der Waals surface area contributed by atoms with Crippen molar-refractivity contribution in [1.82, 2.24) is 15.2 Å². The van der Waals surface area contributed by atoms with E-state index >= 15 is 0 Å². The maximum Gasteiger partial charge on any atom is 0.225 e. The average Bonchev–Trinajstić information content (AvgIpc) is 3.05. The summed E-state index contributed by atoms with van der Waals surface area (Å²) in [5.41, 5.74) is 2.64. The number of aromatic amines is 1. The zero-order valence-electron chi connectivity index (χ0n) is 14.4. The van der Waals surface area contributed by atoms with E-state index in [1.165, 1.54) is 16.5 Å². The van der Waals surface area contributed by atoms with Gasteiger partial charge in [0.1, 0.15) is 0 Å². The summed E-state index contributed by atoms with van der Waals surface area (Å²) in [4.78, 5) is 18.3. The summed E-state index contributed by atoms with van der Waals surface area (Å²) in [5, 5.41) is 4.78. The van der Waals surface area contributed by atoms with Crippen LogP contribution in [0.4, 0.5) is 0 Å². The molecule has 1 aromatic carbocycles. The maximum absolute atomic E-state index is 12.8. The topological polar surface area (TPSA) is 48.1 Å². The van der Waals surface area contributed by atoms with E-state index in [1.807, 2.05) is 0 Å². The Morgan fingerprint density at radius 2 is 1.96 bits per heavy atom. The van der Waals surface area contributed by atoms with E-state index in [-0.39, 0.29) is 5.92 Å². The number of piperidine rings is 2. The Kier molecular flexibility index (Phi) is 4.31. The second kappa shape index (κ2) is 6.60. The molecule has 2 fully saturated rings. The van der Waals surface area contributed by atoms with Crippen LogP contribution in [0, 0.1) is 5.92 Å². The summed E-state index contributed by atoms with van der Waals surface area (Å²) in [6.45, 7) is 4.97. The quantitative estimate of drug-likeness (QED) is 0.890. The molecule has 0 radical (unpaired) electrons. The van der Waals surface area contributed by atoms with Gasteiger partial charge in [-0.15, -0.1) is 0 Å². The fourth-order valence-corrected chi connectivity index (χ4v) is 4.46. The first-order valence-corrected chi connectivity index (χ1v) is 9.30. The van der Waals surface area contributed by atoms with Crippen LogP contribution in [0.3, 0.4) is 0 Å². The minimum absolute atomic E-state index is 0.228. The fraction of sp³-hybridized carbons (Fsp3) is 0.550. The molecule has 24 heavy (non-hydrogen) atoms. The van der Waals surface area contributed by atoms with Crippen LogP contribution in [0.25, 0.3) is 10.9 Å². The van der Waals surface area contributed by atoms with Gasteiger partial charge in [-0.25, -0.2) is 0 Å². The summed E-state index contributed by atoms with van der Waals surface area (Å²) < 4.78 is 0. The molecule has 2 N–H and O–H groups in total. The van der Waals surface area contributed by atoms with Crippen LogP contribution in [-0.2, 0) is 4.79 Å². The van der Waals surface area contributed by atoms with E-state index in [9.17, 15) is 4.79 Å². The predicted octanol–water partition coefficient (Wildman–Crippen LogP) is 3.26. The van der Waals surface area contributed by atoms with Gasteiger partial charge in [-0.2, -0.15) is 0 Å². The molecular formula is C20H27N3O. The van der Waals surface area contributed by atoms with Gasteiger partial charge in [-0.1, -0.05) is 18.2 Å². The molecule has 2 aliphatic heterocycles. The van der Waals surface area contributed by atoms with E-state index in [4.69, 9.17) is 0 Å². The number of H-pyrrole nitrogens is 1. The van der Waals surface area contributed by atoms with Gasteiger partial charge >= 0.3 is 0 Å². The molecule has 128 valence electrons. The Morgan fingerprint density at radius 1 is 1.17 bits per heavy atom. The number of nitrogens with one attached hydrogen (secondary N) is 2. The molecule has 1 aromatic heterocycles. The van der Waals surface area contributed by atoms with Gasteiger partial charge in [0, 0.05) is 42.1 Å². The van der Waals surface area contributed by atoms with Crippen LogP contribution in [0.1, 0.15) is 44.1 Å². The summed E-state index contributed by atoms with van der Waals surface area (Å²) in [6.07, 6.45) is 6.30. The number of carbonyl (C=O) groups excluding carboxylic acids is 1. The largest absolute Gasteiger partial charge is 0.361 e. The normalized spacial score (nSPS) is 26.0.